The predicted molar refractivity (Wildman–Crippen MR) is 118 cm³/mol. The van der Waals surface area contributed by atoms with Crippen molar-refractivity contribution in [3.8, 4) is 0 Å². The molecule has 3 aromatic rings. The van der Waals surface area contributed by atoms with Crippen LogP contribution < -0.4 is 0 Å². The van der Waals surface area contributed by atoms with E-state index in [1.54, 1.807) is 16.8 Å². The largest absolute Gasteiger partial charge is 0.337 e. The summed E-state index contributed by atoms with van der Waals surface area (Å²) < 4.78 is 1.77. The molecule has 7 heteroatoms. The van der Waals surface area contributed by atoms with Crippen molar-refractivity contribution < 1.29 is 4.79 Å². The smallest absolute Gasteiger partial charge is 0.246 e. The van der Waals surface area contributed by atoms with E-state index in [-0.39, 0.29) is 5.91 Å². The Balaban J connectivity index is 1.25. The van der Waals surface area contributed by atoms with E-state index in [0.717, 1.165) is 43.3 Å². The van der Waals surface area contributed by atoms with Crippen molar-refractivity contribution in [3.63, 3.8) is 0 Å². The van der Waals surface area contributed by atoms with E-state index in [9.17, 15) is 4.79 Å². The number of piperazine rings is 1. The quantitative estimate of drug-likeness (QED) is 0.573. The molecule has 0 aliphatic carbocycles. The van der Waals surface area contributed by atoms with Gasteiger partial charge in [-0.05, 0) is 29.3 Å². The maximum atomic E-state index is 12.5. The van der Waals surface area contributed by atoms with Crippen LogP contribution in [0.4, 0.5) is 0 Å². The van der Waals surface area contributed by atoms with Gasteiger partial charge in [-0.25, -0.2) is 4.68 Å². The highest BCUT2D eigenvalue weighted by molar-refractivity contribution is 6.30. The molecule has 1 aliphatic rings. The molecule has 0 radical (unpaired) electrons. The molecule has 0 spiro atoms. The lowest BCUT2D eigenvalue weighted by atomic mass is 10.2. The van der Waals surface area contributed by atoms with E-state index >= 15 is 0 Å². The molecular formula is C23H24ClN5O. The molecule has 30 heavy (non-hydrogen) atoms. The number of hydrogen-bond acceptors (Lipinski definition) is 4. The molecule has 6 nitrogen and oxygen atoms in total. The molecule has 2 aromatic carbocycles. The van der Waals surface area contributed by atoms with Crippen LogP contribution in [0.25, 0.3) is 6.08 Å². The van der Waals surface area contributed by atoms with Crippen LogP contribution in [-0.2, 0) is 17.9 Å². The Hall–Kier alpha value is -2.96. The fourth-order valence-corrected chi connectivity index (χ4v) is 3.60. The topological polar surface area (TPSA) is 54.3 Å². The van der Waals surface area contributed by atoms with Crippen molar-refractivity contribution >= 4 is 23.6 Å². The van der Waals surface area contributed by atoms with Crippen molar-refractivity contribution in [1.29, 1.82) is 0 Å². The Bertz CT molecular complexity index is 992. The first-order valence-electron chi connectivity index (χ1n) is 10.0. The van der Waals surface area contributed by atoms with Gasteiger partial charge in [-0.15, -0.1) is 5.10 Å². The summed E-state index contributed by atoms with van der Waals surface area (Å²) in [5.41, 5.74) is 3.07. The minimum atomic E-state index is 0.0127. The van der Waals surface area contributed by atoms with Gasteiger partial charge in [0.2, 0.25) is 5.91 Å². The summed E-state index contributed by atoms with van der Waals surface area (Å²) in [6.45, 7) is 4.69. The van der Waals surface area contributed by atoms with Gasteiger partial charge in [0.15, 0.2) is 0 Å². The maximum absolute atomic E-state index is 12.5. The standard InChI is InChI=1S/C23H24ClN5O/c24-21-8-6-20(7-9-21)16-27-12-14-28(15-13-27)23(30)11-10-22-18-29(26-25-22)17-19-4-2-1-3-5-19/h1-11,18H,12-17H2/b11-10+. The van der Waals surface area contributed by atoms with E-state index in [1.807, 2.05) is 65.7 Å². The molecular weight excluding hydrogens is 398 g/mol. The average Bonchev–Trinajstić information content (AvgIpc) is 3.22. The molecule has 154 valence electrons. The van der Waals surface area contributed by atoms with Gasteiger partial charge < -0.3 is 4.90 Å². The summed E-state index contributed by atoms with van der Waals surface area (Å²) in [6, 6.07) is 18.0. The third-order valence-corrected chi connectivity index (χ3v) is 5.40. The normalized spacial score (nSPS) is 15.0. The number of benzene rings is 2. The molecule has 4 rings (SSSR count). The molecule has 1 aliphatic heterocycles. The number of carbonyl (C=O) groups is 1. The predicted octanol–water partition coefficient (Wildman–Crippen LogP) is 3.34. The SMILES string of the molecule is O=C(/C=C/c1cn(Cc2ccccc2)nn1)N1CCN(Cc2ccc(Cl)cc2)CC1. The summed E-state index contributed by atoms with van der Waals surface area (Å²) in [4.78, 5) is 16.8. The Kier molecular flexibility index (Phi) is 6.57. The second-order valence-corrected chi connectivity index (χ2v) is 7.82. The number of rotatable bonds is 6. The van der Waals surface area contributed by atoms with Crippen LogP contribution in [0.3, 0.4) is 0 Å². The number of amides is 1. The molecule has 1 amide bonds. The van der Waals surface area contributed by atoms with E-state index in [1.165, 1.54) is 5.56 Å². The van der Waals surface area contributed by atoms with Crippen molar-refractivity contribution in [3.05, 3.63) is 88.7 Å². The zero-order valence-corrected chi connectivity index (χ0v) is 17.4. The third kappa shape index (κ3) is 5.55. The highest BCUT2D eigenvalue weighted by atomic mass is 35.5. The number of hydrogen-bond donors (Lipinski definition) is 0. The van der Waals surface area contributed by atoms with Crippen LogP contribution in [0, 0.1) is 0 Å². The molecule has 2 heterocycles. The number of halogens is 1. The minimum Gasteiger partial charge on any atom is -0.337 e. The van der Waals surface area contributed by atoms with Crippen LogP contribution in [0.5, 0.6) is 0 Å². The van der Waals surface area contributed by atoms with E-state index in [0.29, 0.717) is 12.2 Å². The fraction of sp³-hybridized carbons (Fsp3) is 0.261. The zero-order chi connectivity index (χ0) is 20.8. The molecule has 0 N–H and O–H groups in total. The van der Waals surface area contributed by atoms with Crippen LogP contribution >= 0.6 is 11.6 Å². The molecule has 0 bridgehead atoms. The average molecular weight is 422 g/mol. The van der Waals surface area contributed by atoms with Crippen molar-refractivity contribution in [2.24, 2.45) is 0 Å². The lowest BCUT2D eigenvalue weighted by Crippen LogP contribution is -2.47. The second kappa shape index (κ2) is 9.69. The van der Waals surface area contributed by atoms with Gasteiger partial charge >= 0.3 is 0 Å². The van der Waals surface area contributed by atoms with E-state index in [4.69, 9.17) is 11.6 Å². The molecule has 1 fully saturated rings. The Morgan fingerprint density at radius 1 is 0.933 bits per heavy atom. The first kappa shape index (κ1) is 20.3. The highest BCUT2D eigenvalue weighted by Crippen LogP contribution is 2.13. The molecule has 1 saturated heterocycles. The van der Waals surface area contributed by atoms with Gasteiger partial charge in [0.25, 0.3) is 0 Å². The van der Waals surface area contributed by atoms with Crippen molar-refractivity contribution in [2.45, 2.75) is 13.1 Å². The molecule has 0 unspecified atom stereocenters. The van der Waals surface area contributed by atoms with Crippen LogP contribution in [0.2, 0.25) is 5.02 Å². The lowest BCUT2D eigenvalue weighted by molar-refractivity contribution is -0.127. The number of aromatic nitrogens is 3. The first-order chi connectivity index (χ1) is 14.7. The van der Waals surface area contributed by atoms with Crippen LogP contribution in [0.1, 0.15) is 16.8 Å². The third-order valence-electron chi connectivity index (χ3n) is 5.14. The van der Waals surface area contributed by atoms with Crippen molar-refractivity contribution in [2.75, 3.05) is 26.2 Å². The molecule has 0 saturated carbocycles. The summed E-state index contributed by atoms with van der Waals surface area (Å²) in [5, 5.41) is 9.02. The maximum Gasteiger partial charge on any atom is 0.246 e. The first-order valence-corrected chi connectivity index (χ1v) is 10.4. The summed E-state index contributed by atoms with van der Waals surface area (Å²) in [5.74, 6) is 0.0127. The Morgan fingerprint density at radius 2 is 1.63 bits per heavy atom. The number of carbonyl (C=O) groups excluding carboxylic acids is 1. The van der Waals surface area contributed by atoms with E-state index in [2.05, 4.69) is 15.2 Å². The molecule has 1 aromatic heterocycles. The van der Waals surface area contributed by atoms with Crippen LogP contribution in [-0.4, -0.2) is 56.9 Å². The lowest BCUT2D eigenvalue weighted by Gasteiger charge is -2.34. The highest BCUT2D eigenvalue weighted by Gasteiger charge is 2.19. The summed E-state index contributed by atoms with van der Waals surface area (Å²) >= 11 is 5.95. The van der Waals surface area contributed by atoms with Gasteiger partial charge in [0.05, 0.1) is 12.7 Å². The van der Waals surface area contributed by atoms with Crippen molar-refractivity contribution in [1.82, 2.24) is 24.8 Å². The summed E-state index contributed by atoms with van der Waals surface area (Å²) in [7, 11) is 0. The van der Waals surface area contributed by atoms with Gasteiger partial charge in [0.1, 0.15) is 5.69 Å². The van der Waals surface area contributed by atoms with Gasteiger partial charge in [0, 0.05) is 43.8 Å². The van der Waals surface area contributed by atoms with E-state index < -0.39 is 0 Å². The van der Waals surface area contributed by atoms with Crippen LogP contribution in [0.15, 0.2) is 66.9 Å². The van der Waals surface area contributed by atoms with Gasteiger partial charge in [-0.2, -0.15) is 0 Å². The van der Waals surface area contributed by atoms with Gasteiger partial charge in [-0.3, -0.25) is 9.69 Å². The number of nitrogens with zero attached hydrogens (tertiary/aromatic N) is 5. The zero-order valence-electron chi connectivity index (χ0n) is 16.7. The minimum absolute atomic E-state index is 0.0127. The monoisotopic (exact) mass is 421 g/mol. The Labute approximate surface area is 181 Å². The Morgan fingerprint density at radius 3 is 2.37 bits per heavy atom. The second-order valence-electron chi connectivity index (χ2n) is 7.39. The van der Waals surface area contributed by atoms with Gasteiger partial charge in [-0.1, -0.05) is 59.3 Å². The summed E-state index contributed by atoms with van der Waals surface area (Å²) in [6.07, 6.45) is 5.17. The molecule has 0 atom stereocenters. The fourth-order valence-electron chi connectivity index (χ4n) is 3.47.